The Kier molecular flexibility index (Phi) is 5.22. The third-order valence-electron chi connectivity index (χ3n) is 2.91. The Morgan fingerprint density at radius 2 is 2.27 bits per heavy atom. The minimum Gasteiger partial charge on any atom is -0.355 e. The number of hydrogen-bond acceptors (Lipinski definition) is 2. The Balaban J connectivity index is 2.31. The van der Waals surface area contributed by atoms with E-state index in [0.29, 0.717) is 0 Å². The zero-order valence-electron chi connectivity index (χ0n) is 10.2. The first-order valence-corrected chi connectivity index (χ1v) is 5.99. The maximum Gasteiger partial charge on any atom is 0.202 e. The van der Waals surface area contributed by atoms with Gasteiger partial charge in [-0.25, -0.2) is 4.98 Å². The number of aryl methyl sites for hydroxylation is 1. The number of nitrogens with one attached hydrogen (secondary N) is 1. The fourth-order valence-corrected chi connectivity index (χ4v) is 1.71. The van der Waals surface area contributed by atoms with Crippen LogP contribution in [0, 0.1) is 5.92 Å². The van der Waals surface area contributed by atoms with Gasteiger partial charge < -0.3 is 9.88 Å². The number of rotatable bonds is 7. The van der Waals surface area contributed by atoms with Gasteiger partial charge in [0.25, 0.3) is 0 Å². The molecule has 15 heavy (non-hydrogen) atoms. The van der Waals surface area contributed by atoms with Crippen LogP contribution in [0.4, 0.5) is 5.95 Å². The topological polar surface area (TPSA) is 29.9 Å². The van der Waals surface area contributed by atoms with Crippen molar-refractivity contribution >= 4 is 5.95 Å². The van der Waals surface area contributed by atoms with E-state index < -0.39 is 0 Å². The van der Waals surface area contributed by atoms with Crippen LogP contribution in [0.2, 0.25) is 0 Å². The number of imidazole rings is 1. The van der Waals surface area contributed by atoms with Crippen molar-refractivity contribution in [2.45, 2.75) is 39.5 Å². The SMILES string of the molecule is CCCCC(CC)CNc1nccn1C. The number of aromatic nitrogens is 2. The summed E-state index contributed by atoms with van der Waals surface area (Å²) in [6.07, 6.45) is 8.99. The van der Waals surface area contributed by atoms with Gasteiger partial charge in [0.2, 0.25) is 5.95 Å². The third-order valence-corrected chi connectivity index (χ3v) is 2.91. The molecule has 0 aliphatic heterocycles. The van der Waals surface area contributed by atoms with E-state index in [2.05, 4.69) is 24.1 Å². The summed E-state index contributed by atoms with van der Waals surface area (Å²) in [4.78, 5) is 4.25. The van der Waals surface area contributed by atoms with E-state index in [0.717, 1.165) is 18.4 Å². The molecule has 0 aliphatic carbocycles. The van der Waals surface area contributed by atoms with E-state index in [4.69, 9.17) is 0 Å². The van der Waals surface area contributed by atoms with Crippen molar-refractivity contribution in [2.75, 3.05) is 11.9 Å². The Morgan fingerprint density at radius 3 is 2.80 bits per heavy atom. The second kappa shape index (κ2) is 6.49. The summed E-state index contributed by atoms with van der Waals surface area (Å²) < 4.78 is 2.02. The fourth-order valence-electron chi connectivity index (χ4n) is 1.71. The van der Waals surface area contributed by atoms with Crippen molar-refractivity contribution in [1.82, 2.24) is 9.55 Å². The van der Waals surface area contributed by atoms with Gasteiger partial charge in [-0.15, -0.1) is 0 Å². The van der Waals surface area contributed by atoms with Gasteiger partial charge in [0.05, 0.1) is 0 Å². The van der Waals surface area contributed by atoms with Crippen molar-refractivity contribution in [3.8, 4) is 0 Å². The Morgan fingerprint density at radius 1 is 1.47 bits per heavy atom. The molecular weight excluding hydrogens is 186 g/mol. The van der Waals surface area contributed by atoms with Crippen LogP contribution in [0.3, 0.4) is 0 Å². The summed E-state index contributed by atoms with van der Waals surface area (Å²) >= 11 is 0. The highest BCUT2D eigenvalue weighted by atomic mass is 15.2. The number of anilines is 1. The van der Waals surface area contributed by atoms with Crippen LogP contribution >= 0.6 is 0 Å². The third kappa shape index (κ3) is 3.94. The van der Waals surface area contributed by atoms with Gasteiger partial charge in [-0.3, -0.25) is 0 Å². The molecular formula is C12H23N3. The molecule has 0 aromatic carbocycles. The number of hydrogen-bond donors (Lipinski definition) is 1. The molecule has 0 saturated heterocycles. The van der Waals surface area contributed by atoms with Crippen molar-refractivity contribution < 1.29 is 0 Å². The standard InChI is InChI=1S/C12H23N3/c1-4-6-7-11(5-2)10-14-12-13-8-9-15(12)3/h8-9,11H,4-7,10H2,1-3H3,(H,13,14). The first-order chi connectivity index (χ1) is 7.27. The monoisotopic (exact) mass is 209 g/mol. The predicted molar refractivity (Wildman–Crippen MR) is 65.0 cm³/mol. The highest BCUT2D eigenvalue weighted by molar-refractivity contribution is 5.25. The minimum absolute atomic E-state index is 0.779. The number of nitrogens with zero attached hydrogens (tertiary/aromatic N) is 2. The summed E-state index contributed by atoms with van der Waals surface area (Å²) in [7, 11) is 2.02. The molecule has 0 spiro atoms. The molecule has 1 unspecified atom stereocenters. The molecule has 0 aliphatic rings. The second-order valence-electron chi connectivity index (χ2n) is 4.16. The van der Waals surface area contributed by atoms with Gasteiger partial charge in [0.15, 0.2) is 0 Å². The Labute approximate surface area is 92.9 Å². The van der Waals surface area contributed by atoms with E-state index in [9.17, 15) is 0 Å². The average Bonchev–Trinajstić information content (AvgIpc) is 2.65. The fraction of sp³-hybridized carbons (Fsp3) is 0.750. The van der Waals surface area contributed by atoms with Crippen LogP contribution in [0.25, 0.3) is 0 Å². The van der Waals surface area contributed by atoms with Gasteiger partial charge in [-0.05, 0) is 12.3 Å². The maximum atomic E-state index is 4.25. The molecule has 1 N–H and O–H groups in total. The van der Waals surface area contributed by atoms with Crippen molar-refractivity contribution in [3.63, 3.8) is 0 Å². The van der Waals surface area contributed by atoms with Crippen molar-refractivity contribution in [2.24, 2.45) is 13.0 Å². The lowest BCUT2D eigenvalue weighted by molar-refractivity contribution is 0.471. The van der Waals surface area contributed by atoms with Crippen LogP contribution in [-0.2, 0) is 7.05 Å². The molecule has 86 valence electrons. The molecule has 3 nitrogen and oxygen atoms in total. The molecule has 1 rings (SSSR count). The highest BCUT2D eigenvalue weighted by Crippen LogP contribution is 2.13. The lowest BCUT2D eigenvalue weighted by Gasteiger charge is -2.15. The summed E-state index contributed by atoms with van der Waals surface area (Å²) in [6, 6.07) is 0. The van der Waals surface area contributed by atoms with E-state index in [1.165, 1.54) is 25.7 Å². The molecule has 0 radical (unpaired) electrons. The summed E-state index contributed by atoms with van der Waals surface area (Å²) in [5, 5.41) is 3.40. The zero-order valence-corrected chi connectivity index (χ0v) is 10.2. The predicted octanol–water partition coefficient (Wildman–Crippen LogP) is 3.05. The van der Waals surface area contributed by atoms with E-state index in [-0.39, 0.29) is 0 Å². The highest BCUT2D eigenvalue weighted by Gasteiger charge is 2.06. The van der Waals surface area contributed by atoms with Gasteiger partial charge in [-0.1, -0.05) is 33.1 Å². The van der Waals surface area contributed by atoms with Crippen molar-refractivity contribution in [3.05, 3.63) is 12.4 Å². The van der Waals surface area contributed by atoms with Crippen LogP contribution in [0.5, 0.6) is 0 Å². The molecule has 0 bridgehead atoms. The van der Waals surface area contributed by atoms with Crippen LogP contribution in [0.15, 0.2) is 12.4 Å². The first kappa shape index (κ1) is 12.1. The van der Waals surface area contributed by atoms with Gasteiger partial charge in [0, 0.05) is 26.0 Å². The summed E-state index contributed by atoms with van der Waals surface area (Å²) in [5.74, 6) is 1.76. The molecule has 1 atom stereocenters. The first-order valence-electron chi connectivity index (χ1n) is 5.99. The van der Waals surface area contributed by atoms with Gasteiger partial charge >= 0.3 is 0 Å². The molecule has 3 heteroatoms. The number of unbranched alkanes of at least 4 members (excludes halogenated alkanes) is 1. The minimum atomic E-state index is 0.779. The summed E-state index contributed by atoms with van der Waals surface area (Å²) in [6.45, 7) is 5.56. The van der Waals surface area contributed by atoms with Gasteiger partial charge in [0.1, 0.15) is 0 Å². The van der Waals surface area contributed by atoms with Gasteiger partial charge in [-0.2, -0.15) is 0 Å². The Bertz CT molecular complexity index is 268. The van der Waals surface area contributed by atoms with Crippen LogP contribution < -0.4 is 5.32 Å². The molecule has 0 saturated carbocycles. The largest absolute Gasteiger partial charge is 0.355 e. The van der Waals surface area contributed by atoms with Crippen LogP contribution in [0.1, 0.15) is 39.5 Å². The average molecular weight is 209 g/mol. The molecule has 0 fully saturated rings. The quantitative estimate of drug-likeness (QED) is 0.748. The van der Waals surface area contributed by atoms with Crippen LogP contribution in [-0.4, -0.2) is 16.1 Å². The van der Waals surface area contributed by atoms with E-state index in [1.807, 2.05) is 24.0 Å². The zero-order chi connectivity index (χ0) is 11.1. The van der Waals surface area contributed by atoms with E-state index >= 15 is 0 Å². The molecule has 0 amide bonds. The molecule has 1 aromatic rings. The van der Waals surface area contributed by atoms with E-state index in [1.54, 1.807) is 0 Å². The maximum absolute atomic E-state index is 4.25. The van der Waals surface area contributed by atoms with Crippen molar-refractivity contribution in [1.29, 1.82) is 0 Å². The normalized spacial score (nSPS) is 12.7. The second-order valence-corrected chi connectivity index (χ2v) is 4.16. The smallest absolute Gasteiger partial charge is 0.202 e. The molecule has 1 aromatic heterocycles. The molecule has 1 heterocycles. The Hall–Kier alpha value is -0.990. The summed E-state index contributed by atoms with van der Waals surface area (Å²) in [5.41, 5.74) is 0. The lowest BCUT2D eigenvalue weighted by atomic mass is 9.99. The lowest BCUT2D eigenvalue weighted by Crippen LogP contribution is -2.15.